The minimum Gasteiger partial charge on any atom is -0.490 e. The van der Waals surface area contributed by atoms with Gasteiger partial charge in [0.2, 0.25) is 0 Å². The first-order valence-corrected chi connectivity index (χ1v) is 6.79. The van der Waals surface area contributed by atoms with Gasteiger partial charge in [0.1, 0.15) is 29.7 Å². The van der Waals surface area contributed by atoms with Gasteiger partial charge >= 0.3 is 0 Å². The molecule has 0 atom stereocenters. The van der Waals surface area contributed by atoms with Crippen LogP contribution in [0.4, 0.5) is 0 Å². The van der Waals surface area contributed by atoms with E-state index in [4.69, 9.17) is 27.4 Å². The second-order valence-corrected chi connectivity index (χ2v) is 4.79. The molecule has 2 aromatic rings. The molecule has 0 spiro atoms. The van der Waals surface area contributed by atoms with Gasteiger partial charge in [-0.3, -0.25) is 0 Å². The van der Waals surface area contributed by atoms with Crippen LogP contribution in [0, 0.1) is 6.92 Å². The molecular formula is C16H17NO2S. The first-order chi connectivity index (χ1) is 9.66. The summed E-state index contributed by atoms with van der Waals surface area (Å²) in [4.78, 5) is 0.388. The standard InChI is InChI=1S/C16H17NO2S/c1-12-4-2-3-5-15(12)19-11-10-18-14-8-6-13(7-9-14)16(17)20/h2-9H,10-11H2,1H3,(H2,17,20). The van der Waals surface area contributed by atoms with Crippen molar-refractivity contribution in [1.82, 2.24) is 0 Å². The first kappa shape index (κ1) is 14.3. The Kier molecular flexibility index (Phi) is 4.96. The first-order valence-electron chi connectivity index (χ1n) is 6.38. The van der Waals surface area contributed by atoms with Crippen LogP contribution in [0.2, 0.25) is 0 Å². The van der Waals surface area contributed by atoms with Gasteiger partial charge in [0.15, 0.2) is 0 Å². The van der Waals surface area contributed by atoms with E-state index in [-0.39, 0.29) is 0 Å². The third kappa shape index (κ3) is 3.96. The SMILES string of the molecule is Cc1ccccc1OCCOc1ccc(C(N)=S)cc1. The zero-order valence-electron chi connectivity index (χ0n) is 11.3. The van der Waals surface area contributed by atoms with Gasteiger partial charge in [-0.1, -0.05) is 30.4 Å². The van der Waals surface area contributed by atoms with E-state index in [0.717, 1.165) is 22.6 Å². The number of thiocarbonyl (C=S) groups is 1. The molecule has 2 rings (SSSR count). The van der Waals surface area contributed by atoms with Crippen LogP contribution in [-0.2, 0) is 0 Å². The molecule has 0 saturated heterocycles. The van der Waals surface area contributed by atoms with Crippen LogP contribution in [0.3, 0.4) is 0 Å². The van der Waals surface area contributed by atoms with Crippen molar-refractivity contribution < 1.29 is 9.47 Å². The largest absolute Gasteiger partial charge is 0.490 e. The van der Waals surface area contributed by atoms with Crippen molar-refractivity contribution in [3.05, 3.63) is 59.7 Å². The van der Waals surface area contributed by atoms with E-state index in [2.05, 4.69) is 0 Å². The Morgan fingerprint density at radius 1 is 1.00 bits per heavy atom. The molecular weight excluding hydrogens is 270 g/mol. The molecule has 0 bridgehead atoms. The van der Waals surface area contributed by atoms with E-state index in [1.165, 1.54) is 0 Å². The van der Waals surface area contributed by atoms with Crippen LogP contribution in [-0.4, -0.2) is 18.2 Å². The van der Waals surface area contributed by atoms with E-state index >= 15 is 0 Å². The average molecular weight is 287 g/mol. The van der Waals surface area contributed by atoms with Gasteiger partial charge in [-0.15, -0.1) is 0 Å². The molecule has 2 aromatic carbocycles. The van der Waals surface area contributed by atoms with Crippen molar-refractivity contribution in [3.8, 4) is 11.5 Å². The van der Waals surface area contributed by atoms with Gasteiger partial charge in [-0.2, -0.15) is 0 Å². The van der Waals surface area contributed by atoms with Gasteiger partial charge in [-0.05, 0) is 42.8 Å². The predicted molar refractivity (Wildman–Crippen MR) is 84.5 cm³/mol. The second kappa shape index (κ2) is 6.91. The second-order valence-electron chi connectivity index (χ2n) is 4.35. The quantitative estimate of drug-likeness (QED) is 0.655. The fraction of sp³-hybridized carbons (Fsp3) is 0.188. The van der Waals surface area contributed by atoms with Gasteiger partial charge in [0.25, 0.3) is 0 Å². The van der Waals surface area contributed by atoms with E-state index in [9.17, 15) is 0 Å². The Hall–Kier alpha value is -2.07. The Labute approximate surface area is 124 Å². The smallest absolute Gasteiger partial charge is 0.122 e. The summed E-state index contributed by atoms with van der Waals surface area (Å²) in [7, 11) is 0. The molecule has 0 aliphatic rings. The highest BCUT2D eigenvalue weighted by atomic mass is 32.1. The zero-order valence-corrected chi connectivity index (χ0v) is 12.2. The highest BCUT2D eigenvalue weighted by Crippen LogP contribution is 2.16. The molecule has 4 heteroatoms. The Balaban J connectivity index is 1.79. The molecule has 20 heavy (non-hydrogen) atoms. The van der Waals surface area contributed by atoms with Gasteiger partial charge in [-0.25, -0.2) is 0 Å². The van der Waals surface area contributed by atoms with Crippen molar-refractivity contribution in [2.45, 2.75) is 6.92 Å². The lowest BCUT2D eigenvalue weighted by Crippen LogP contribution is -2.11. The van der Waals surface area contributed by atoms with Crippen LogP contribution in [0.1, 0.15) is 11.1 Å². The molecule has 0 heterocycles. The number of hydrogen-bond donors (Lipinski definition) is 1. The van der Waals surface area contributed by atoms with E-state index in [1.807, 2.05) is 55.5 Å². The normalized spacial score (nSPS) is 10.1. The molecule has 104 valence electrons. The van der Waals surface area contributed by atoms with Crippen LogP contribution in [0.5, 0.6) is 11.5 Å². The summed E-state index contributed by atoms with van der Waals surface area (Å²) in [6.45, 7) is 3.01. The molecule has 0 amide bonds. The zero-order chi connectivity index (χ0) is 14.4. The number of nitrogens with two attached hydrogens (primary N) is 1. The summed E-state index contributed by atoms with van der Waals surface area (Å²) in [6.07, 6.45) is 0. The lowest BCUT2D eigenvalue weighted by atomic mass is 10.2. The maximum absolute atomic E-state index is 5.65. The van der Waals surface area contributed by atoms with Crippen molar-refractivity contribution in [2.75, 3.05) is 13.2 Å². The van der Waals surface area contributed by atoms with E-state index in [1.54, 1.807) is 0 Å². The summed E-state index contributed by atoms with van der Waals surface area (Å²) >= 11 is 4.89. The summed E-state index contributed by atoms with van der Waals surface area (Å²) in [5.41, 5.74) is 7.49. The maximum Gasteiger partial charge on any atom is 0.122 e. The fourth-order valence-corrected chi connectivity index (χ4v) is 1.88. The minimum atomic E-state index is 0.388. The van der Waals surface area contributed by atoms with Gasteiger partial charge in [0.05, 0.1) is 0 Å². The van der Waals surface area contributed by atoms with E-state index < -0.39 is 0 Å². The third-order valence-corrected chi connectivity index (χ3v) is 3.08. The Morgan fingerprint density at radius 3 is 2.30 bits per heavy atom. The molecule has 0 fully saturated rings. The number of rotatable bonds is 6. The molecule has 0 unspecified atom stereocenters. The van der Waals surface area contributed by atoms with Crippen LogP contribution in [0.25, 0.3) is 0 Å². The maximum atomic E-state index is 5.65. The van der Waals surface area contributed by atoms with Crippen LogP contribution >= 0.6 is 12.2 Å². The highest BCUT2D eigenvalue weighted by molar-refractivity contribution is 7.80. The minimum absolute atomic E-state index is 0.388. The average Bonchev–Trinajstić information content (AvgIpc) is 2.46. The van der Waals surface area contributed by atoms with Crippen molar-refractivity contribution in [1.29, 1.82) is 0 Å². The molecule has 0 radical (unpaired) electrons. The lowest BCUT2D eigenvalue weighted by Gasteiger charge is -2.10. The summed E-state index contributed by atoms with van der Waals surface area (Å²) in [5, 5.41) is 0. The van der Waals surface area contributed by atoms with Gasteiger partial charge < -0.3 is 15.2 Å². The molecule has 0 aromatic heterocycles. The van der Waals surface area contributed by atoms with Crippen molar-refractivity contribution in [2.24, 2.45) is 5.73 Å². The Bertz CT molecular complexity index is 581. The summed E-state index contributed by atoms with van der Waals surface area (Å²) < 4.78 is 11.2. The number of para-hydroxylation sites is 1. The number of hydrogen-bond acceptors (Lipinski definition) is 3. The monoisotopic (exact) mass is 287 g/mol. The molecule has 0 aliphatic carbocycles. The van der Waals surface area contributed by atoms with Crippen LogP contribution < -0.4 is 15.2 Å². The van der Waals surface area contributed by atoms with Crippen molar-refractivity contribution >= 4 is 17.2 Å². The number of aryl methyl sites for hydroxylation is 1. The highest BCUT2D eigenvalue weighted by Gasteiger charge is 1.99. The molecule has 3 nitrogen and oxygen atoms in total. The van der Waals surface area contributed by atoms with Crippen molar-refractivity contribution in [3.63, 3.8) is 0 Å². The summed E-state index contributed by atoms with van der Waals surface area (Å²) in [6, 6.07) is 15.3. The summed E-state index contributed by atoms with van der Waals surface area (Å²) in [5.74, 6) is 1.67. The molecule has 0 saturated carbocycles. The molecule has 2 N–H and O–H groups in total. The Morgan fingerprint density at radius 2 is 1.65 bits per heavy atom. The van der Waals surface area contributed by atoms with Crippen LogP contribution in [0.15, 0.2) is 48.5 Å². The number of benzene rings is 2. The van der Waals surface area contributed by atoms with Gasteiger partial charge in [0, 0.05) is 5.56 Å². The number of ether oxygens (including phenoxy) is 2. The third-order valence-electron chi connectivity index (χ3n) is 2.84. The fourth-order valence-electron chi connectivity index (χ4n) is 1.74. The van der Waals surface area contributed by atoms with E-state index in [0.29, 0.717) is 18.2 Å². The predicted octanol–water partition coefficient (Wildman–Crippen LogP) is 3.09. The molecule has 0 aliphatic heterocycles. The topological polar surface area (TPSA) is 44.5 Å². The lowest BCUT2D eigenvalue weighted by molar-refractivity contribution is 0.216.